The van der Waals surface area contributed by atoms with Gasteiger partial charge in [0.05, 0.1) is 5.69 Å². The third-order valence-electron chi connectivity index (χ3n) is 3.43. The zero-order chi connectivity index (χ0) is 15.9. The fraction of sp³-hybridized carbons (Fsp3) is 0.438. The number of carbonyl (C=O) groups excluding carboxylic acids is 1. The van der Waals surface area contributed by atoms with Gasteiger partial charge in [-0.2, -0.15) is 0 Å². The number of aromatic nitrogens is 3. The van der Waals surface area contributed by atoms with Gasteiger partial charge in [-0.05, 0) is 19.1 Å². The summed E-state index contributed by atoms with van der Waals surface area (Å²) < 4.78 is 1.93. The van der Waals surface area contributed by atoms with Crippen LogP contribution in [-0.2, 0) is 4.79 Å². The number of hydrogen-bond donors (Lipinski definition) is 2. The Kier molecular flexibility index (Phi) is 5.52. The summed E-state index contributed by atoms with van der Waals surface area (Å²) in [5.41, 5.74) is 0.946. The molecule has 22 heavy (non-hydrogen) atoms. The van der Waals surface area contributed by atoms with Gasteiger partial charge in [0.1, 0.15) is 11.9 Å². The average molecular weight is 301 g/mol. The van der Waals surface area contributed by atoms with Gasteiger partial charge in [-0.1, -0.05) is 13.8 Å². The summed E-state index contributed by atoms with van der Waals surface area (Å²) in [4.78, 5) is 20.6. The number of rotatable bonds is 7. The first kappa shape index (κ1) is 16.0. The third-order valence-corrected chi connectivity index (χ3v) is 3.43. The van der Waals surface area contributed by atoms with E-state index in [1.807, 2.05) is 29.8 Å². The fourth-order valence-corrected chi connectivity index (χ4v) is 2.23. The molecule has 0 aliphatic heterocycles. The van der Waals surface area contributed by atoms with Crippen LogP contribution in [0.25, 0.3) is 0 Å². The van der Waals surface area contributed by atoms with Crippen LogP contribution in [-0.4, -0.2) is 33.5 Å². The summed E-state index contributed by atoms with van der Waals surface area (Å²) in [7, 11) is 0. The van der Waals surface area contributed by atoms with Crippen molar-refractivity contribution in [1.29, 1.82) is 0 Å². The molecular formula is C16H23N5O. The van der Waals surface area contributed by atoms with Gasteiger partial charge in [-0.3, -0.25) is 9.78 Å². The Morgan fingerprint density at radius 2 is 2.09 bits per heavy atom. The lowest BCUT2D eigenvalue weighted by Crippen LogP contribution is -2.34. The lowest BCUT2D eigenvalue weighted by atomic mass is 10.2. The lowest BCUT2D eigenvalue weighted by molar-refractivity contribution is -0.123. The molecule has 6 nitrogen and oxygen atoms in total. The van der Waals surface area contributed by atoms with Crippen molar-refractivity contribution in [1.82, 2.24) is 19.9 Å². The third kappa shape index (κ3) is 4.07. The number of amides is 1. The van der Waals surface area contributed by atoms with Gasteiger partial charge in [0, 0.05) is 43.8 Å². The number of nitrogens with one attached hydrogen (secondary N) is 2. The number of imidazole rings is 1. The monoisotopic (exact) mass is 301 g/mol. The number of nitrogens with zero attached hydrogens (tertiary/aromatic N) is 3. The van der Waals surface area contributed by atoms with E-state index >= 15 is 0 Å². The van der Waals surface area contributed by atoms with E-state index in [-0.39, 0.29) is 17.9 Å². The highest BCUT2D eigenvalue weighted by Crippen LogP contribution is 2.17. The van der Waals surface area contributed by atoms with Crippen LogP contribution in [0.3, 0.4) is 0 Å². The van der Waals surface area contributed by atoms with E-state index in [0.29, 0.717) is 13.1 Å². The van der Waals surface area contributed by atoms with Gasteiger partial charge in [0.15, 0.2) is 0 Å². The first-order chi connectivity index (χ1) is 10.6. The number of anilines is 1. The van der Waals surface area contributed by atoms with E-state index in [9.17, 15) is 4.79 Å². The molecule has 2 rings (SSSR count). The molecule has 1 amide bonds. The standard InChI is InChI=1S/C16H23N5O/c1-12(2)15-19-9-10-21(15)13(3)16(22)20-8-7-18-14-5-4-6-17-11-14/h4-6,9-13,18H,7-8H2,1-3H3,(H,20,22)/t13-/m1/s1. The maximum Gasteiger partial charge on any atom is 0.242 e. The van der Waals surface area contributed by atoms with E-state index in [1.54, 1.807) is 18.6 Å². The first-order valence-corrected chi connectivity index (χ1v) is 7.54. The highest BCUT2D eigenvalue weighted by atomic mass is 16.2. The number of hydrogen-bond acceptors (Lipinski definition) is 4. The fourth-order valence-electron chi connectivity index (χ4n) is 2.23. The molecule has 0 saturated carbocycles. The van der Waals surface area contributed by atoms with Crippen molar-refractivity contribution in [2.24, 2.45) is 0 Å². The van der Waals surface area contributed by atoms with E-state index in [1.165, 1.54) is 0 Å². The molecule has 1 atom stereocenters. The van der Waals surface area contributed by atoms with Crippen molar-refractivity contribution >= 4 is 11.6 Å². The van der Waals surface area contributed by atoms with Gasteiger partial charge in [-0.25, -0.2) is 4.98 Å². The van der Waals surface area contributed by atoms with Crippen LogP contribution in [0.15, 0.2) is 36.9 Å². The van der Waals surface area contributed by atoms with Crippen molar-refractivity contribution < 1.29 is 4.79 Å². The van der Waals surface area contributed by atoms with Crippen LogP contribution in [0.1, 0.15) is 38.6 Å². The summed E-state index contributed by atoms with van der Waals surface area (Å²) >= 11 is 0. The average Bonchev–Trinajstić information content (AvgIpc) is 3.01. The predicted molar refractivity (Wildman–Crippen MR) is 86.8 cm³/mol. The van der Waals surface area contributed by atoms with Crippen molar-refractivity contribution in [3.8, 4) is 0 Å². The van der Waals surface area contributed by atoms with E-state index in [2.05, 4.69) is 34.4 Å². The Labute approximate surface area is 131 Å². The van der Waals surface area contributed by atoms with Gasteiger partial charge < -0.3 is 15.2 Å². The number of carbonyl (C=O) groups is 1. The zero-order valence-corrected chi connectivity index (χ0v) is 13.3. The summed E-state index contributed by atoms with van der Waals surface area (Å²) in [5, 5.41) is 6.14. The summed E-state index contributed by atoms with van der Waals surface area (Å²) in [6, 6.07) is 3.55. The molecule has 0 fully saturated rings. The molecule has 0 bridgehead atoms. The molecule has 0 radical (unpaired) electrons. The molecule has 0 aliphatic carbocycles. The van der Waals surface area contributed by atoms with Gasteiger partial charge in [-0.15, -0.1) is 0 Å². The smallest absolute Gasteiger partial charge is 0.242 e. The summed E-state index contributed by atoms with van der Waals surface area (Å²) in [5.74, 6) is 1.21. The quantitative estimate of drug-likeness (QED) is 0.769. The minimum absolute atomic E-state index is 0.00659. The van der Waals surface area contributed by atoms with Crippen LogP contribution in [0, 0.1) is 0 Å². The van der Waals surface area contributed by atoms with Crippen LogP contribution in [0.4, 0.5) is 5.69 Å². The van der Waals surface area contributed by atoms with Crippen LogP contribution < -0.4 is 10.6 Å². The second-order valence-corrected chi connectivity index (χ2v) is 5.48. The Balaban J connectivity index is 1.80. The molecule has 0 unspecified atom stereocenters. The maximum absolute atomic E-state index is 12.2. The molecule has 6 heteroatoms. The van der Waals surface area contributed by atoms with E-state index in [0.717, 1.165) is 11.5 Å². The minimum Gasteiger partial charge on any atom is -0.382 e. The summed E-state index contributed by atoms with van der Waals surface area (Å²) in [6.07, 6.45) is 7.08. The molecular weight excluding hydrogens is 278 g/mol. The normalized spacial score (nSPS) is 12.2. The van der Waals surface area contributed by atoms with Crippen LogP contribution >= 0.6 is 0 Å². The molecule has 2 aromatic heterocycles. The van der Waals surface area contributed by atoms with Crippen LogP contribution in [0.2, 0.25) is 0 Å². The van der Waals surface area contributed by atoms with Crippen molar-refractivity contribution in [2.45, 2.75) is 32.7 Å². The maximum atomic E-state index is 12.2. The van der Waals surface area contributed by atoms with E-state index < -0.39 is 0 Å². The number of pyridine rings is 1. The molecule has 2 aromatic rings. The SMILES string of the molecule is CC(C)c1nccn1[C@H](C)C(=O)NCCNc1cccnc1. The molecule has 0 aliphatic rings. The van der Waals surface area contributed by atoms with Gasteiger partial charge in [0.25, 0.3) is 0 Å². The second-order valence-electron chi connectivity index (χ2n) is 5.48. The lowest BCUT2D eigenvalue weighted by Gasteiger charge is -2.18. The highest BCUT2D eigenvalue weighted by Gasteiger charge is 2.18. The predicted octanol–water partition coefficient (Wildman–Crippen LogP) is 2.19. The van der Waals surface area contributed by atoms with Crippen LogP contribution in [0.5, 0.6) is 0 Å². The highest BCUT2D eigenvalue weighted by molar-refractivity contribution is 5.80. The molecule has 2 heterocycles. The molecule has 0 spiro atoms. The molecule has 0 saturated heterocycles. The van der Waals surface area contributed by atoms with Gasteiger partial charge in [0.2, 0.25) is 5.91 Å². The zero-order valence-electron chi connectivity index (χ0n) is 13.3. The molecule has 2 N–H and O–H groups in total. The molecule has 0 aromatic carbocycles. The second kappa shape index (κ2) is 7.59. The Hall–Kier alpha value is -2.37. The van der Waals surface area contributed by atoms with Crippen molar-refractivity contribution in [3.05, 3.63) is 42.7 Å². The largest absolute Gasteiger partial charge is 0.382 e. The molecule has 118 valence electrons. The minimum atomic E-state index is -0.265. The van der Waals surface area contributed by atoms with E-state index in [4.69, 9.17) is 0 Å². The van der Waals surface area contributed by atoms with Crippen molar-refractivity contribution in [2.75, 3.05) is 18.4 Å². The Morgan fingerprint density at radius 3 is 2.77 bits per heavy atom. The Bertz CT molecular complexity index is 594. The topological polar surface area (TPSA) is 71.8 Å². The first-order valence-electron chi connectivity index (χ1n) is 7.54. The van der Waals surface area contributed by atoms with Gasteiger partial charge >= 0.3 is 0 Å². The van der Waals surface area contributed by atoms with Crippen molar-refractivity contribution in [3.63, 3.8) is 0 Å². The summed E-state index contributed by atoms with van der Waals surface area (Å²) in [6.45, 7) is 7.24. The Morgan fingerprint density at radius 1 is 1.27 bits per heavy atom.